The van der Waals surface area contributed by atoms with Gasteiger partial charge in [0.1, 0.15) is 16.4 Å². The molecule has 1 N–H and O–H groups in total. The number of sulfonamides is 1. The summed E-state index contributed by atoms with van der Waals surface area (Å²) in [5, 5.41) is 9.15. The molecule has 2 aliphatic carbocycles. The third-order valence-electron chi connectivity index (χ3n) is 9.37. The maximum atomic E-state index is 13.4. The molecule has 14 heteroatoms. The number of carboxylic acids is 1. The number of fused-ring (bicyclic) bond motifs is 2. The van der Waals surface area contributed by atoms with Crippen LogP contribution in [0.25, 0.3) is 5.57 Å². The Hall–Kier alpha value is -4.56. The van der Waals surface area contributed by atoms with E-state index in [1.54, 1.807) is 25.3 Å². The third-order valence-corrected chi connectivity index (χ3v) is 11.3. The highest BCUT2D eigenvalue weighted by Gasteiger charge is 2.35. The summed E-state index contributed by atoms with van der Waals surface area (Å²) in [5.74, 6) is -0.343. The highest BCUT2D eigenvalue weighted by molar-refractivity contribution is 7.89. The summed E-state index contributed by atoms with van der Waals surface area (Å²) < 4.78 is 82.1. The van der Waals surface area contributed by atoms with E-state index in [2.05, 4.69) is 6.07 Å². The van der Waals surface area contributed by atoms with Crippen LogP contribution in [0.2, 0.25) is 0 Å². The highest BCUT2D eigenvalue weighted by Crippen LogP contribution is 2.41. The van der Waals surface area contributed by atoms with E-state index in [4.69, 9.17) is 19.3 Å². The zero-order valence-electron chi connectivity index (χ0n) is 28.7. The number of benzene rings is 3. The Morgan fingerprint density at radius 1 is 0.922 bits per heavy atom. The fourth-order valence-corrected chi connectivity index (χ4v) is 8.36. The molecule has 10 nitrogen and oxygen atoms in total. The predicted octanol–water partition coefficient (Wildman–Crippen LogP) is 6.32. The van der Waals surface area contributed by atoms with Crippen LogP contribution >= 0.6 is 0 Å². The molecule has 0 aromatic heterocycles. The van der Waals surface area contributed by atoms with Gasteiger partial charge in [-0.1, -0.05) is 6.07 Å². The lowest BCUT2D eigenvalue weighted by Gasteiger charge is -2.35. The van der Waals surface area contributed by atoms with Crippen LogP contribution < -0.4 is 14.4 Å². The molecule has 3 aliphatic rings. The second-order valence-electron chi connectivity index (χ2n) is 12.4. The number of aryl methyl sites for hydroxylation is 2. The summed E-state index contributed by atoms with van der Waals surface area (Å²) >= 11 is 0. The van der Waals surface area contributed by atoms with E-state index >= 15 is 0 Å². The van der Waals surface area contributed by atoms with E-state index in [1.807, 2.05) is 24.0 Å². The average molecular weight is 731 g/mol. The summed E-state index contributed by atoms with van der Waals surface area (Å²) in [7, 11) is -0.858. The van der Waals surface area contributed by atoms with E-state index in [1.165, 1.54) is 29.1 Å². The van der Waals surface area contributed by atoms with E-state index in [0.717, 1.165) is 53.0 Å². The van der Waals surface area contributed by atoms with Gasteiger partial charge in [0.2, 0.25) is 10.0 Å². The summed E-state index contributed by atoms with van der Waals surface area (Å²) in [6.07, 6.45) is 0.268. The number of ether oxygens (including phenoxy) is 3. The van der Waals surface area contributed by atoms with Crippen LogP contribution in [0, 0.1) is 0 Å². The molecule has 1 saturated heterocycles. The molecule has 274 valence electrons. The van der Waals surface area contributed by atoms with E-state index in [-0.39, 0.29) is 42.0 Å². The van der Waals surface area contributed by atoms with Gasteiger partial charge in [-0.05, 0) is 115 Å². The number of allylic oxidation sites excluding steroid dienone is 1. The lowest BCUT2D eigenvalue weighted by Crippen LogP contribution is -2.48. The molecular formula is C37H41F3N2O8S. The molecule has 1 atom stereocenters. The number of aliphatic carboxylic acids is 1. The first-order valence-electron chi connectivity index (χ1n) is 16.6. The molecule has 0 amide bonds. The van der Waals surface area contributed by atoms with Crippen LogP contribution in [0.5, 0.6) is 11.5 Å². The summed E-state index contributed by atoms with van der Waals surface area (Å²) in [5.41, 5.74) is 4.91. The number of halogens is 3. The van der Waals surface area contributed by atoms with Crippen LogP contribution in [-0.2, 0) is 43.4 Å². The van der Waals surface area contributed by atoms with Crippen molar-refractivity contribution >= 4 is 33.2 Å². The van der Waals surface area contributed by atoms with Gasteiger partial charge >= 0.3 is 18.1 Å². The molecule has 1 aliphatic heterocycles. The van der Waals surface area contributed by atoms with Gasteiger partial charge in [-0.15, -0.1) is 0 Å². The first-order valence-corrected chi connectivity index (χ1v) is 18.1. The first-order chi connectivity index (χ1) is 24.2. The molecule has 0 spiro atoms. The van der Waals surface area contributed by atoms with Gasteiger partial charge in [-0.25, -0.2) is 13.2 Å². The van der Waals surface area contributed by atoms with Gasteiger partial charge in [0.25, 0.3) is 0 Å². The van der Waals surface area contributed by atoms with Crippen LogP contribution in [0.1, 0.15) is 59.9 Å². The molecule has 0 bridgehead atoms. The summed E-state index contributed by atoms with van der Waals surface area (Å²) in [6.45, 7) is 3.23. The molecule has 3 aromatic carbocycles. The number of methoxy groups -OCH3 is 2. The Labute approximate surface area is 295 Å². The lowest BCUT2D eigenvalue weighted by molar-refractivity contribution is -0.138. The third kappa shape index (κ3) is 8.67. The Kier molecular flexibility index (Phi) is 11.7. The predicted molar refractivity (Wildman–Crippen MR) is 185 cm³/mol. The molecule has 1 heterocycles. The number of piperazine rings is 1. The molecule has 1 unspecified atom stereocenters. The Morgan fingerprint density at radius 2 is 1.63 bits per heavy atom. The van der Waals surface area contributed by atoms with Gasteiger partial charge in [-0.2, -0.15) is 17.5 Å². The van der Waals surface area contributed by atoms with Crippen molar-refractivity contribution in [3.05, 3.63) is 88.5 Å². The molecule has 3 aromatic rings. The monoisotopic (exact) mass is 730 g/mol. The van der Waals surface area contributed by atoms with Crippen molar-refractivity contribution in [3.63, 3.8) is 0 Å². The number of carboxylic acid groups (broad SMARTS) is 1. The fraction of sp³-hybridized carbons (Fsp3) is 0.405. The van der Waals surface area contributed by atoms with Gasteiger partial charge < -0.3 is 24.2 Å². The van der Waals surface area contributed by atoms with Crippen molar-refractivity contribution in [2.24, 2.45) is 0 Å². The molecule has 6 rings (SSSR count). The van der Waals surface area contributed by atoms with Crippen molar-refractivity contribution in [3.8, 4) is 11.5 Å². The van der Waals surface area contributed by atoms with E-state index in [0.29, 0.717) is 38.2 Å². The number of esters is 1. The maximum absolute atomic E-state index is 13.4. The van der Waals surface area contributed by atoms with Gasteiger partial charge in [0.05, 0.1) is 32.8 Å². The number of carbonyl (C=O) groups is 2. The molecule has 0 saturated carbocycles. The highest BCUT2D eigenvalue weighted by atomic mass is 32.2. The van der Waals surface area contributed by atoms with E-state index in [9.17, 15) is 31.2 Å². The normalized spacial score (nSPS) is 18.0. The minimum absolute atomic E-state index is 0.0197. The largest absolute Gasteiger partial charge is 0.497 e. The number of anilines is 1. The van der Waals surface area contributed by atoms with Crippen molar-refractivity contribution < 1.29 is 50.5 Å². The second kappa shape index (κ2) is 15.8. The smallest absolute Gasteiger partial charge is 0.416 e. The number of hydrogen-bond donors (Lipinski definition) is 1. The van der Waals surface area contributed by atoms with Gasteiger partial charge in [0, 0.05) is 37.9 Å². The number of hydrogen-bond acceptors (Lipinski definition) is 8. The zero-order valence-corrected chi connectivity index (χ0v) is 29.5. The Morgan fingerprint density at radius 3 is 2.24 bits per heavy atom. The Balaban J connectivity index is 0.000000248. The van der Waals surface area contributed by atoms with Crippen LogP contribution in [0.15, 0.2) is 65.6 Å². The van der Waals surface area contributed by atoms with Crippen molar-refractivity contribution in [2.75, 3.05) is 51.9 Å². The lowest BCUT2D eigenvalue weighted by atomic mass is 9.98. The van der Waals surface area contributed by atoms with Crippen molar-refractivity contribution in [2.45, 2.75) is 56.0 Å². The van der Waals surface area contributed by atoms with Gasteiger partial charge in [0.15, 0.2) is 0 Å². The molecule has 0 radical (unpaired) electrons. The van der Waals surface area contributed by atoms with Crippen LogP contribution in [-0.4, -0.2) is 76.8 Å². The van der Waals surface area contributed by atoms with Crippen LogP contribution in [0.3, 0.4) is 0 Å². The van der Waals surface area contributed by atoms with Gasteiger partial charge in [-0.3, -0.25) is 4.79 Å². The fourth-order valence-electron chi connectivity index (χ4n) is 6.75. The SMILES string of the molecule is CCOC(=O)/C=C1\CCc2ccc(OC)cc21.COc1cc2c(cc1S(=O)(=O)N1CCN(c3ccc(C(F)(F)F)cc3)CC1)CCC2CC(=O)O. The number of alkyl halides is 3. The number of rotatable bonds is 9. The summed E-state index contributed by atoms with van der Waals surface area (Å²) in [6, 6.07) is 14.0. The first kappa shape index (κ1) is 37.7. The second-order valence-corrected chi connectivity index (χ2v) is 14.3. The molecular weight excluding hydrogens is 689 g/mol. The molecule has 51 heavy (non-hydrogen) atoms. The topological polar surface area (TPSA) is 123 Å². The quantitative estimate of drug-likeness (QED) is 0.199. The minimum Gasteiger partial charge on any atom is -0.497 e. The standard InChI is InChI=1S/C23H25F3N2O5S.C14H16O3/c1-33-20-14-19-15(2-3-16(19)13-22(29)30)12-21(20)34(31,32)28-10-8-27(9-11-28)18-6-4-17(5-7-18)23(24,25)26;1-3-17-14(15)8-11-5-4-10-6-7-12(16-2)9-13(10)11/h4-7,12,14,16H,2-3,8-11,13H2,1H3,(H,29,30);6-9H,3-5H2,1-2H3/b;11-8+. The number of carbonyl (C=O) groups excluding carboxylic acids is 1. The number of nitrogens with zero attached hydrogens (tertiary/aromatic N) is 2. The minimum atomic E-state index is -4.41. The Bertz CT molecular complexity index is 1890. The molecule has 1 fully saturated rings. The zero-order chi connectivity index (χ0) is 36.9. The maximum Gasteiger partial charge on any atom is 0.416 e. The average Bonchev–Trinajstić information content (AvgIpc) is 3.70. The van der Waals surface area contributed by atoms with Crippen molar-refractivity contribution in [1.29, 1.82) is 0 Å². The van der Waals surface area contributed by atoms with E-state index < -0.39 is 27.7 Å². The summed E-state index contributed by atoms with van der Waals surface area (Å²) in [4.78, 5) is 24.5. The van der Waals surface area contributed by atoms with Crippen molar-refractivity contribution in [1.82, 2.24) is 4.31 Å². The van der Waals surface area contributed by atoms with Crippen LogP contribution in [0.4, 0.5) is 18.9 Å².